The fraction of sp³-hybridized carbons (Fsp3) is 0.800. The number of aliphatic hydroxyl groups excluding tert-OH is 1. The van der Waals surface area contributed by atoms with Crippen molar-refractivity contribution in [3.05, 3.63) is 11.6 Å². The molecule has 5 unspecified atom stereocenters. The maximum Gasteiger partial charge on any atom is 0.164 e. The van der Waals surface area contributed by atoms with E-state index in [1.165, 1.54) is 5.57 Å². The lowest BCUT2D eigenvalue weighted by atomic mass is 9.72. The SMILES string of the molecule is CC1=CC(=O)C2(C)C(O)C3CC(C)(C)CC3C12. The normalized spacial score (nSPS) is 51.4. The summed E-state index contributed by atoms with van der Waals surface area (Å²) < 4.78 is 0. The number of rotatable bonds is 0. The molecule has 0 aliphatic heterocycles. The van der Waals surface area contributed by atoms with Crippen molar-refractivity contribution in [2.45, 2.75) is 46.6 Å². The number of fused-ring (bicyclic) bond motifs is 3. The van der Waals surface area contributed by atoms with Gasteiger partial charge in [0.1, 0.15) is 0 Å². The largest absolute Gasteiger partial charge is 0.392 e. The summed E-state index contributed by atoms with van der Waals surface area (Å²) in [4.78, 5) is 12.2. The van der Waals surface area contributed by atoms with Gasteiger partial charge in [0.25, 0.3) is 0 Å². The van der Waals surface area contributed by atoms with Crippen molar-refractivity contribution in [3.63, 3.8) is 0 Å². The number of hydrogen-bond acceptors (Lipinski definition) is 2. The fourth-order valence-electron chi connectivity index (χ4n) is 5.01. The van der Waals surface area contributed by atoms with Gasteiger partial charge in [0.05, 0.1) is 11.5 Å². The lowest BCUT2D eigenvalue weighted by Crippen LogP contribution is -2.39. The molecular formula is C15H22O2. The van der Waals surface area contributed by atoms with Gasteiger partial charge in [-0.15, -0.1) is 0 Å². The van der Waals surface area contributed by atoms with Crippen molar-refractivity contribution >= 4 is 5.78 Å². The maximum absolute atomic E-state index is 12.2. The van der Waals surface area contributed by atoms with Crippen LogP contribution in [0.1, 0.15) is 40.5 Å². The van der Waals surface area contributed by atoms with Crippen molar-refractivity contribution in [2.75, 3.05) is 0 Å². The predicted molar refractivity (Wildman–Crippen MR) is 66.4 cm³/mol. The van der Waals surface area contributed by atoms with Crippen LogP contribution in [0, 0.1) is 28.6 Å². The first-order chi connectivity index (χ1) is 7.77. The van der Waals surface area contributed by atoms with E-state index in [0.717, 1.165) is 12.8 Å². The molecule has 2 nitrogen and oxygen atoms in total. The highest BCUT2D eigenvalue weighted by molar-refractivity contribution is 5.99. The first kappa shape index (κ1) is 11.5. The number of hydrogen-bond donors (Lipinski definition) is 1. The molecule has 0 amide bonds. The van der Waals surface area contributed by atoms with E-state index in [4.69, 9.17) is 0 Å². The highest BCUT2D eigenvalue weighted by Gasteiger charge is 2.65. The van der Waals surface area contributed by atoms with Crippen LogP contribution >= 0.6 is 0 Å². The van der Waals surface area contributed by atoms with E-state index in [0.29, 0.717) is 17.3 Å². The molecule has 0 saturated heterocycles. The van der Waals surface area contributed by atoms with Gasteiger partial charge < -0.3 is 5.11 Å². The number of allylic oxidation sites excluding steroid dienone is 2. The Morgan fingerprint density at radius 3 is 2.47 bits per heavy atom. The third-order valence-corrected chi connectivity index (χ3v) is 5.60. The summed E-state index contributed by atoms with van der Waals surface area (Å²) in [5, 5.41) is 10.6. The molecule has 2 heteroatoms. The highest BCUT2D eigenvalue weighted by Crippen LogP contribution is 2.65. The second-order valence-corrected chi connectivity index (χ2v) is 7.36. The molecule has 5 atom stereocenters. The predicted octanol–water partition coefficient (Wildman–Crippen LogP) is 2.56. The Balaban J connectivity index is 2.04. The van der Waals surface area contributed by atoms with Gasteiger partial charge in [0, 0.05) is 0 Å². The molecule has 17 heavy (non-hydrogen) atoms. The van der Waals surface area contributed by atoms with Crippen LogP contribution in [0.25, 0.3) is 0 Å². The van der Waals surface area contributed by atoms with Crippen LogP contribution in [0.5, 0.6) is 0 Å². The Kier molecular flexibility index (Phi) is 2.04. The Labute approximate surface area is 103 Å². The Hall–Kier alpha value is -0.630. The first-order valence-electron chi connectivity index (χ1n) is 6.68. The number of aliphatic hydroxyl groups is 1. The number of ketones is 1. The topological polar surface area (TPSA) is 37.3 Å². The first-order valence-corrected chi connectivity index (χ1v) is 6.68. The van der Waals surface area contributed by atoms with E-state index < -0.39 is 11.5 Å². The van der Waals surface area contributed by atoms with Gasteiger partial charge in [-0.1, -0.05) is 19.4 Å². The molecule has 0 bridgehead atoms. The quantitative estimate of drug-likeness (QED) is 0.699. The summed E-state index contributed by atoms with van der Waals surface area (Å²) in [5.74, 6) is 1.27. The van der Waals surface area contributed by atoms with Crippen LogP contribution < -0.4 is 0 Å². The number of carbonyl (C=O) groups is 1. The van der Waals surface area contributed by atoms with Crippen LogP contribution in [-0.4, -0.2) is 17.0 Å². The molecule has 94 valence electrons. The zero-order valence-corrected chi connectivity index (χ0v) is 11.2. The summed E-state index contributed by atoms with van der Waals surface area (Å²) in [7, 11) is 0. The molecule has 0 heterocycles. The minimum Gasteiger partial charge on any atom is -0.392 e. The summed E-state index contributed by atoms with van der Waals surface area (Å²) in [6.45, 7) is 8.60. The molecule has 3 rings (SSSR count). The molecule has 0 aromatic rings. The van der Waals surface area contributed by atoms with Gasteiger partial charge in [0.2, 0.25) is 0 Å². The van der Waals surface area contributed by atoms with E-state index in [2.05, 4.69) is 20.8 Å². The van der Waals surface area contributed by atoms with E-state index in [9.17, 15) is 9.90 Å². The van der Waals surface area contributed by atoms with Gasteiger partial charge >= 0.3 is 0 Å². The molecule has 2 saturated carbocycles. The summed E-state index contributed by atoms with van der Waals surface area (Å²) in [6, 6.07) is 0. The van der Waals surface area contributed by atoms with Crippen molar-refractivity contribution < 1.29 is 9.90 Å². The molecule has 3 aliphatic rings. The second-order valence-electron chi connectivity index (χ2n) is 7.36. The highest BCUT2D eigenvalue weighted by atomic mass is 16.3. The summed E-state index contributed by atoms with van der Waals surface area (Å²) in [6.07, 6.45) is 3.54. The lowest BCUT2D eigenvalue weighted by molar-refractivity contribution is -0.129. The zero-order chi connectivity index (χ0) is 12.6. The molecule has 1 N–H and O–H groups in total. The van der Waals surface area contributed by atoms with Crippen LogP contribution in [0.3, 0.4) is 0 Å². The van der Waals surface area contributed by atoms with Crippen molar-refractivity contribution in [2.24, 2.45) is 28.6 Å². The molecule has 0 aromatic heterocycles. The van der Waals surface area contributed by atoms with Crippen LogP contribution in [0.2, 0.25) is 0 Å². The minimum atomic E-state index is -0.518. The third-order valence-electron chi connectivity index (χ3n) is 5.60. The Bertz CT molecular complexity index is 421. The summed E-state index contributed by atoms with van der Waals surface area (Å²) in [5.41, 5.74) is 1.00. The van der Waals surface area contributed by atoms with Crippen LogP contribution in [0.4, 0.5) is 0 Å². The molecule has 0 spiro atoms. The van der Waals surface area contributed by atoms with E-state index in [1.54, 1.807) is 6.08 Å². The Morgan fingerprint density at radius 2 is 1.82 bits per heavy atom. The van der Waals surface area contributed by atoms with Gasteiger partial charge in [-0.2, -0.15) is 0 Å². The van der Waals surface area contributed by atoms with Gasteiger partial charge in [-0.25, -0.2) is 0 Å². The fourth-order valence-corrected chi connectivity index (χ4v) is 5.01. The van der Waals surface area contributed by atoms with Gasteiger partial charge in [-0.3, -0.25) is 4.79 Å². The van der Waals surface area contributed by atoms with Crippen LogP contribution in [-0.2, 0) is 4.79 Å². The van der Waals surface area contributed by atoms with E-state index in [1.807, 2.05) is 6.92 Å². The monoisotopic (exact) mass is 234 g/mol. The van der Waals surface area contributed by atoms with Crippen molar-refractivity contribution in [1.82, 2.24) is 0 Å². The van der Waals surface area contributed by atoms with Crippen molar-refractivity contribution in [3.8, 4) is 0 Å². The average molecular weight is 234 g/mol. The minimum absolute atomic E-state index is 0.153. The smallest absolute Gasteiger partial charge is 0.164 e. The summed E-state index contributed by atoms with van der Waals surface area (Å²) >= 11 is 0. The third kappa shape index (κ3) is 1.22. The molecule has 3 aliphatic carbocycles. The lowest BCUT2D eigenvalue weighted by Gasteiger charge is -2.32. The average Bonchev–Trinajstić information content (AvgIpc) is 2.68. The zero-order valence-electron chi connectivity index (χ0n) is 11.2. The molecule has 0 aromatic carbocycles. The van der Waals surface area contributed by atoms with E-state index >= 15 is 0 Å². The van der Waals surface area contributed by atoms with Crippen molar-refractivity contribution in [1.29, 1.82) is 0 Å². The molecular weight excluding hydrogens is 212 g/mol. The van der Waals surface area contributed by atoms with Crippen LogP contribution in [0.15, 0.2) is 11.6 Å². The number of carbonyl (C=O) groups excluding carboxylic acids is 1. The van der Waals surface area contributed by atoms with E-state index in [-0.39, 0.29) is 11.7 Å². The maximum atomic E-state index is 12.2. The van der Waals surface area contributed by atoms with Gasteiger partial charge in [0.15, 0.2) is 5.78 Å². The Morgan fingerprint density at radius 1 is 1.24 bits per heavy atom. The standard InChI is InChI=1S/C15H22O2/c1-8-5-11(16)15(4)12(8)9-6-14(2,3)7-10(9)13(15)17/h5,9-10,12-13,17H,6-7H2,1-4H3. The van der Waals surface area contributed by atoms with Gasteiger partial charge in [-0.05, 0) is 55.9 Å². The second kappa shape index (κ2) is 3.03. The molecule has 2 fully saturated rings. The molecule has 0 radical (unpaired) electrons.